The van der Waals surface area contributed by atoms with Gasteiger partial charge in [0.15, 0.2) is 5.00 Å². The Bertz CT molecular complexity index is 1190. The van der Waals surface area contributed by atoms with Crippen molar-refractivity contribution in [2.75, 3.05) is 13.1 Å². The van der Waals surface area contributed by atoms with Gasteiger partial charge in [-0.15, -0.1) is 10.2 Å². The van der Waals surface area contributed by atoms with Gasteiger partial charge in [-0.25, -0.2) is 0 Å². The zero-order valence-electron chi connectivity index (χ0n) is 15.9. The highest BCUT2D eigenvalue weighted by Crippen LogP contribution is 2.42. The number of aromatic hydroxyl groups is 1. The number of hydrogen-bond donors (Lipinski definition) is 3. The highest BCUT2D eigenvalue weighted by Gasteiger charge is 2.14. The molecule has 0 spiro atoms. The minimum Gasteiger partial charge on any atom is -0.506 e. The molecule has 0 fully saturated rings. The first-order valence-corrected chi connectivity index (χ1v) is 10.9. The summed E-state index contributed by atoms with van der Waals surface area (Å²) in [5, 5.41) is 23.2. The topological polar surface area (TPSA) is 95.9 Å². The summed E-state index contributed by atoms with van der Waals surface area (Å²) in [5.74, 6) is 0.246. The number of nitrogens with two attached hydrogens (primary N) is 1. The quantitative estimate of drug-likeness (QED) is 0.198. The van der Waals surface area contributed by atoms with Crippen molar-refractivity contribution in [1.82, 2.24) is 9.10 Å². The SMILES string of the molecule is Cc1cccc2c(O)c(SNCCCN)cc(N=Nc3snc4ccccc34)c12. The maximum absolute atomic E-state index is 10.8. The van der Waals surface area contributed by atoms with Crippen LogP contribution in [0.3, 0.4) is 0 Å². The van der Waals surface area contributed by atoms with Gasteiger partial charge < -0.3 is 10.8 Å². The predicted octanol–water partition coefficient (Wildman–Crippen LogP) is 5.82. The van der Waals surface area contributed by atoms with E-state index in [1.54, 1.807) is 0 Å². The van der Waals surface area contributed by atoms with E-state index in [1.165, 1.54) is 23.5 Å². The molecule has 0 saturated heterocycles. The van der Waals surface area contributed by atoms with Crippen molar-refractivity contribution in [3.8, 4) is 5.75 Å². The van der Waals surface area contributed by atoms with Crippen LogP contribution < -0.4 is 10.5 Å². The van der Waals surface area contributed by atoms with Crippen LogP contribution in [0.25, 0.3) is 21.7 Å². The van der Waals surface area contributed by atoms with Crippen LogP contribution in [-0.4, -0.2) is 22.6 Å². The van der Waals surface area contributed by atoms with Gasteiger partial charge in [0.05, 0.1) is 16.1 Å². The summed E-state index contributed by atoms with van der Waals surface area (Å²) in [4.78, 5) is 0.711. The van der Waals surface area contributed by atoms with E-state index in [0.717, 1.165) is 50.9 Å². The number of nitrogens with one attached hydrogen (secondary N) is 1. The van der Waals surface area contributed by atoms with Gasteiger partial charge in [0.25, 0.3) is 0 Å². The van der Waals surface area contributed by atoms with Gasteiger partial charge in [0.2, 0.25) is 0 Å². The molecule has 148 valence electrons. The summed E-state index contributed by atoms with van der Waals surface area (Å²) in [6.07, 6.45) is 0.867. The number of phenols is 1. The van der Waals surface area contributed by atoms with Gasteiger partial charge in [-0.05, 0) is 67.1 Å². The first-order chi connectivity index (χ1) is 14.2. The highest BCUT2D eigenvalue weighted by atomic mass is 32.2. The fourth-order valence-corrected chi connectivity index (χ4v) is 4.58. The number of aryl methyl sites for hydroxylation is 1. The largest absolute Gasteiger partial charge is 0.506 e. The summed E-state index contributed by atoms with van der Waals surface area (Å²) in [6, 6.07) is 15.6. The second kappa shape index (κ2) is 8.87. The van der Waals surface area contributed by atoms with Gasteiger partial charge in [-0.3, -0.25) is 4.72 Å². The van der Waals surface area contributed by atoms with Crippen molar-refractivity contribution >= 4 is 55.8 Å². The first-order valence-electron chi connectivity index (χ1n) is 9.30. The number of aromatic nitrogens is 1. The van der Waals surface area contributed by atoms with Gasteiger partial charge >= 0.3 is 0 Å². The molecule has 0 saturated carbocycles. The highest BCUT2D eigenvalue weighted by molar-refractivity contribution is 7.97. The molecule has 0 unspecified atom stereocenters. The lowest BCUT2D eigenvalue weighted by Crippen LogP contribution is -2.10. The van der Waals surface area contributed by atoms with E-state index >= 15 is 0 Å². The van der Waals surface area contributed by atoms with E-state index in [-0.39, 0.29) is 5.75 Å². The number of hydrogen-bond acceptors (Lipinski definition) is 8. The maximum atomic E-state index is 10.8. The van der Waals surface area contributed by atoms with Crippen molar-refractivity contribution in [2.45, 2.75) is 18.2 Å². The predicted molar refractivity (Wildman–Crippen MR) is 122 cm³/mol. The van der Waals surface area contributed by atoms with Crippen molar-refractivity contribution < 1.29 is 5.11 Å². The lowest BCUT2D eigenvalue weighted by atomic mass is 10.0. The number of phenolic OH excluding ortho intramolecular Hbond substituents is 1. The lowest BCUT2D eigenvalue weighted by Gasteiger charge is -2.12. The normalized spacial score (nSPS) is 11.8. The standard InChI is InChI=1S/C21H21N5OS2/c1-13-6-4-8-15-19(13)17(12-18(20(15)27)28-23-11-5-10-22)24-25-21-14-7-2-3-9-16(14)26-29-21/h2-4,6-9,12,23,27H,5,10-11,22H2,1H3. The molecule has 6 nitrogen and oxygen atoms in total. The number of nitrogens with zero attached hydrogens (tertiary/aromatic N) is 3. The van der Waals surface area contributed by atoms with Crippen LogP contribution in [0, 0.1) is 6.92 Å². The summed E-state index contributed by atoms with van der Waals surface area (Å²) in [5.41, 5.74) is 8.22. The molecule has 0 aliphatic heterocycles. The molecular weight excluding hydrogens is 402 g/mol. The lowest BCUT2D eigenvalue weighted by molar-refractivity contribution is 0.469. The monoisotopic (exact) mass is 423 g/mol. The zero-order chi connectivity index (χ0) is 20.2. The number of rotatable bonds is 7. The van der Waals surface area contributed by atoms with Gasteiger partial charge in [0.1, 0.15) is 5.75 Å². The Hall–Kier alpha value is -2.52. The average molecular weight is 424 g/mol. The summed E-state index contributed by atoms with van der Waals surface area (Å²) >= 11 is 2.71. The molecule has 0 aliphatic rings. The van der Waals surface area contributed by atoms with Crippen molar-refractivity contribution in [3.05, 3.63) is 54.1 Å². The molecule has 4 aromatic rings. The van der Waals surface area contributed by atoms with Crippen molar-refractivity contribution in [1.29, 1.82) is 0 Å². The van der Waals surface area contributed by atoms with Crippen LogP contribution in [0.5, 0.6) is 5.75 Å². The van der Waals surface area contributed by atoms with E-state index in [2.05, 4.69) is 19.3 Å². The molecule has 0 aliphatic carbocycles. The third kappa shape index (κ3) is 4.11. The Labute approximate surface area is 177 Å². The molecule has 0 amide bonds. The summed E-state index contributed by atoms with van der Waals surface area (Å²) in [7, 11) is 0. The average Bonchev–Trinajstić information content (AvgIpc) is 3.15. The Morgan fingerprint density at radius 1 is 1.14 bits per heavy atom. The van der Waals surface area contributed by atoms with E-state index in [0.29, 0.717) is 11.4 Å². The zero-order valence-corrected chi connectivity index (χ0v) is 17.6. The van der Waals surface area contributed by atoms with Crippen LogP contribution in [0.15, 0.2) is 63.7 Å². The molecule has 1 heterocycles. The molecule has 29 heavy (non-hydrogen) atoms. The molecule has 0 radical (unpaired) electrons. The molecule has 1 aromatic heterocycles. The molecule has 4 N–H and O–H groups in total. The Kier molecular flexibility index (Phi) is 6.05. The molecule has 4 rings (SSSR count). The second-order valence-electron chi connectivity index (χ2n) is 6.58. The van der Waals surface area contributed by atoms with Gasteiger partial charge in [0, 0.05) is 22.7 Å². The van der Waals surface area contributed by atoms with Crippen molar-refractivity contribution in [2.24, 2.45) is 16.0 Å². The van der Waals surface area contributed by atoms with Crippen LogP contribution in [-0.2, 0) is 0 Å². The molecular formula is C21H21N5OS2. The Balaban J connectivity index is 1.76. The van der Waals surface area contributed by atoms with Crippen LogP contribution in [0.4, 0.5) is 10.7 Å². The Morgan fingerprint density at radius 2 is 1.97 bits per heavy atom. The number of benzene rings is 3. The smallest absolute Gasteiger partial charge is 0.166 e. The van der Waals surface area contributed by atoms with E-state index in [1.807, 2.05) is 55.5 Å². The van der Waals surface area contributed by atoms with E-state index in [4.69, 9.17) is 5.73 Å². The second-order valence-corrected chi connectivity index (χ2v) is 8.27. The fraction of sp³-hybridized carbons (Fsp3) is 0.190. The minimum absolute atomic E-state index is 0.246. The summed E-state index contributed by atoms with van der Waals surface area (Å²) in [6.45, 7) is 3.39. The van der Waals surface area contributed by atoms with Crippen LogP contribution >= 0.6 is 23.5 Å². The number of fused-ring (bicyclic) bond motifs is 2. The van der Waals surface area contributed by atoms with Crippen LogP contribution in [0.1, 0.15) is 12.0 Å². The minimum atomic E-state index is 0.246. The van der Waals surface area contributed by atoms with Crippen LogP contribution in [0.2, 0.25) is 0 Å². The number of azo groups is 1. The summed E-state index contributed by atoms with van der Waals surface area (Å²) < 4.78 is 7.66. The maximum Gasteiger partial charge on any atom is 0.166 e. The van der Waals surface area contributed by atoms with E-state index in [9.17, 15) is 5.11 Å². The molecule has 0 bridgehead atoms. The van der Waals surface area contributed by atoms with Gasteiger partial charge in [-0.1, -0.05) is 30.3 Å². The molecule has 3 aromatic carbocycles. The first kappa shape index (κ1) is 19.8. The third-order valence-corrected chi connectivity index (χ3v) is 6.21. The molecule has 8 heteroatoms. The van der Waals surface area contributed by atoms with E-state index < -0.39 is 0 Å². The fourth-order valence-electron chi connectivity index (χ4n) is 3.11. The van der Waals surface area contributed by atoms with Gasteiger partial charge in [-0.2, -0.15) is 4.37 Å². The van der Waals surface area contributed by atoms with Crippen molar-refractivity contribution in [3.63, 3.8) is 0 Å². The third-order valence-electron chi connectivity index (χ3n) is 4.56. The molecule has 0 atom stereocenters. The Morgan fingerprint density at radius 3 is 2.83 bits per heavy atom.